The Morgan fingerprint density at radius 2 is 1.95 bits per heavy atom. The lowest BCUT2D eigenvalue weighted by molar-refractivity contribution is -0.120. The molecule has 0 unspecified atom stereocenters. The Labute approximate surface area is 220 Å². The predicted octanol–water partition coefficient (Wildman–Crippen LogP) is 6.33. The maximum absolute atomic E-state index is 14.2. The van der Waals surface area contributed by atoms with Crippen LogP contribution in [-0.2, 0) is 4.79 Å². The van der Waals surface area contributed by atoms with Gasteiger partial charge in [-0.1, -0.05) is 11.2 Å². The maximum atomic E-state index is 14.2. The number of piperidine rings is 1. The number of amides is 1. The van der Waals surface area contributed by atoms with Crippen LogP contribution in [0.1, 0.15) is 42.6 Å². The van der Waals surface area contributed by atoms with E-state index in [9.17, 15) is 13.6 Å². The highest BCUT2D eigenvalue weighted by atomic mass is 32.1. The number of rotatable bonds is 5. The maximum Gasteiger partial charge on any atom is 0.227 e. The van der Waals surface area contributed by atoms with Crippen molar-refractivity contribution in [1.82, 2.24) is 19.7 Å². The van der Waals surface area contributed by atoms with Crippen LogP contribution in [0.25, 0.3) is 27.3 Å². The lowest BCUT2D eigenvalue weighted by atomic mass is 9.99. The van der Waals surface area contributed by atoms with Gasteiger partial charge in [-0.25, -0.2) is 18.7 Å². The minimum atomic E-state index is -1.00. The van der Waals surface area contributed by atoms with Crippen molar-refractivity contribution in [2.45, 2.75) is 39.2 Å². The Morgan fingerprint density at radius 1 is 1.11 bits per heavy atom. The van der Waals surface area contributed by atoms with E-state index in [4.69, 9.17) is 14.5 Å². The normalized spacial score (nSPS) is 16.0. The zero-order chi connectivity index (χ0) is 26.6. The van der Waals surface area contributed by atoms with Crippen LogP contribution in [0, 0.1) is 25.5 Å². The molecular weight excluding hydrogens is 510 g/mol. The summed E-state index contributed by atoms with van der Waals surface area (Å²) >= 11 is 1.45. The number of nitrogens with zero attached hydrogens (tertiary/aromatic N) is 5. The molecule has 2 aromatic carbocycles. The number of carbonyl (C=O) groups excluding carboxylic acids is 1. The summed E-state index contributed by atoms with van der Waals surface area (Å²) in [5.41, 5.74) is 4.42. The molecule has 5 aromatic rings. The van der Waals surface area contributed by atoms with Crippen molar-refractivity contribution in [3.05, 3.63) is 70.7 Å². The molecule has 0 radical (unpaired) electrons. The monoisotopic (exact) mass is 534 g/mol. The van der Waals surface area contributed by atoms with E-state index >= 15 is 0 Å². The van der Waals surface area contributed by atoms with E-state index in [-0.39, 0.29) is 5.91 Å². The first-order valence-corrected chi connectivity index (χ1v) is 13.1. The molecule has 0 aliphatic carbocycles. The number of hydrogen-bond acceptors (Lipinski definition) is 7. The number of halogens is 2. The molecule has 1 aliphatic heterocycles. The van der Waals surface area contributed by atoms with Gasteiger partial charge in [0, 0.05) is 36.2 Å². The van der Waals surface area contributed by atoms with Crippen LogP contribution in [0.2, 0.25) is 0 Å². The van der Waals surface area contributed by atoms with Crippen LogP contribution in [-0.4, -0.2) is 32.6 Å². The zero-order valence-corrected chi connectivity index (χ0v) is 21.8. The summed E-state index contributed by atoms with van der Waals surface area (Å²) < 4.78 is 35.3. The van der Waals surface area contributed by atoms with E-state index in [0.29, 0.717) is 53.0 Å². The molecule has 11 heteroatoms. The summed E-state index contributed by atoms with van der Waals surface area (Å²) in [5, 5.41) is 9.72. The number of aromatic nitrogens is 4. The minimum Gasteiger partial charge on any atom is -0.372 e. The summed E-state index contributed by atoms with van der Waals surface area (Å²) in [6, 6.07) is 8.97. The van der Waals surface area contributed by atoms with Gasteiger partial charge >= 0.3 is 0 Å². The quantitative estimate of drug-likeness (QED) is 0.283. The highest BCUT2D eigenvalue weighted by molar-refractivity contribution is 7.12. The van der Waals surface area contributed by atoms with Gasteiger partial charge in [0.1, 0.15) is 17.4 Å². The van der Waals surface area contributed by atoms with Crippen molar-refractivity contribution in [1.29, 1.82) is 0 Å². The number of benzene rings is 2. The standard InChI is InChI=1S/C27H24F2N6O2S/c1-14-25(15(2)37-33-14)16-7-10-21-20(11-16)31-26(35(21)27-32-23(30-3)13-38-27)22-5-4-6-24(36)34(22)17-8-9-18(28)19(29)12-17/h7-13,22,30H,4-6H2,1-3H3/t22-/m0/s1. The fraction of sp³-hybridized carbons (Fsp3) is 0.259. The number of carbonyl (C=O) groups is 1. The Kier molecular flexibility index (Phi) is 5.94. The molecule has 38 heavy (non-hydrogen) atoms. The molecule has 194 valence electrons. The van der Waals surface area contributed by atoms with Crippen LogP contribution in [0.15, 0.2) is 46.3 Å². The number of anilines is 2. The molecule has 3 aromatic heterocycles. The van der Waals surface area contributed by atoms with Gasteiger partial charge < -0.3 is 14.7 Å². The summed E-state index contributed by atoms with van der Waals surface area (Å²) in [7, 11) is 1.80. The van der Waals surface area contributed by atoms with E-state index in [2.05, 4.69) is 10.5 Å². The van der Waals surface area contributed by atoms with Crippen molar-refractivity contribution >= 4 is 39.8 Å². The van der Waals surface area contributed by atoms with Crippen LogP contribution in [0.3, 0.4) is 0 Å². The van der Waals surface area contributed by atoms with Crippen molar-refractivity contribution in [2.24, 2.45) is 0 Å². The fourth-order valence-electron chi connectivity index (χ4n) is 5.13. The topological polar surface area (TPSA) is 89.1 Å². The predicted molar refractivity (Wildman–Crippen MR) is 142 cm³/mol. The van der Waals surface area contributed by atoms with Crippen LogP contribution in [0.5, 0.6) is 0 Å². The first-order chi connectivity index (χ1) is 18.4. The molecule has 1 N–H and O–H groups in total. The van der Waals surface area contributed by atoms with Gasteiger partial charge in [0.25, 0.3) is 0 Å². The second-order valence-corrected chi connectivity index (χ2v) is 10.1. The summed E-state index contributed by atoms with van der Waals surface area (Å²) in [5.74, 6) is -0.111. The second-order valence-electron chi connectivity index (χ2n) is 9.24. The molecule has 1 fully saturated rings. The zero-order valence-electron chi connectivity index (χ0n) is 21.0. The van der Waals surface area contributed by atoms with Crippen LogP contribution in [0.4, 0.5) is 20.3 Å². The molecule has 8 nitrogen and oxygen atoms in total. The molecule has 1 aliphatic rings. The Morgan fingerprint density at radius 3 is 2.66 bits per heavy atom. The summed E-state index contributed by atoms with van der Waals surface area (Å²) in [6.07, 6.45) is 1.57. The summed E-state index contributed by atoms with van der Waals surface area (Å²) in [4.78, 5) is 24.5. The molecule has 1 saturated heterocycles. The highest BCUT2D eigenvalue weighted by Gasteiger charge is 2.35. The summed E-state index contributed by atoms with van der Waals surface area (Å²) in [6.45, 7) is 3.76. The van der Waals surface area contributed by atoms with Crippen molar-refractivity contribution in [2.75, 3.05) is 17.3 Å². The van der Waals surface area contributed by atoms with Crippen molar-refractivity contribution in [3.8, 4) is 16.3 Å². The lowest BCUT2D eigenvalue weighted by Crippen LogP contribution is -2.39. The molecule has 6 rings (SSSR count). The Hall–Kier alpha value is -4.12. The molecule has 4 heterocycles. The van der Waals surface area contributed by atoms with E-state index in [1.165, 1.54) is 22.3 Å². The van der Waals surface area contributed by atoms with E-state index in [1.807, 2.05) is 42.0 Å². The molecule has 0 spiro atoms. The molecule has 0 saturated carbocycles. The smallest absolute Gasteiger partial charge is 0.227 e. The molecule has 0 bridgehead atoms. The first-order valence-electron chi connectivity index (χ1n) is 12.2. The number of aryl methyl sites for hydroxylation is 2. The average Bonchev–Trinajstić information content (AvgIpc) is 3.61. The van der Waals surface area contributed by atoms with Crippen molar-refractivity contribution < 1.29 is 18.1 Å². The van der Waals surface area contributed by atoms with Crippen molar-refractivity contribution in [3.63, 3.8) is 0 Å². The number of imidazole rings is 1. The average molecular weight is 535 g/mol. The van der Waals surface area contributed by atoms with Crippen LogP contribution < -0.4 is 10.2 Å². The third-order valence-electron chi connectivity index (χ3n) is 6.87. The largest absolute Gasteiger partial charge is 0.372 e. The third kappa shape index (κ3) is 3.94. The van der Waals surface area contributed by atoms with Crippen LogP contribution >= 0.6 is 11.3 Å². The number of nitrogens with one attached hydrogen (secondary N) is 1. The van der Waals surface area contributed by atoms with Gasteiger partial charge in [0.05, 0.1) is 22.8 Å². The number of fused-ring (bicyclic) bond motifs is 1. The van der Waals surface area contributed by atoms with Gasteiger partial charge in [0.15, 0.2) is 16.8 Å². The second kappa shape index (κ2) is 9.32. The number of hydrogen-bond donors (Lipinski definition) is 1. The minimum absolute atomic E-state index is 0.169. The van der Waals surface area contributed by atoms with Gasteiger partial charge in [0.2, 0.25) is 5.91 Å². The fourth-order valence-corrected chi connectivity index (χ4v) is 5.97. The number of thiazole rings is 1. The van der Waals surface area contributed by atoms with E-state index in [0.717, 1.165) is 34.5 Å². The molecule has 1 amide bonds. The molecular formula is C27H24F2N6O2S. The van der Waals surface area contributed by atoms with E-state index < -0.39 is 17.7 Å². The Bertz CT molecular complexity index is 1670. The van der Waals surface area contributed by atoms with Gasteiger partial charge in [-0.3, -0.25) is 9.36 Å². The third-order valence-corrected chi connectivity index (χ3v) is 7.70. The lowest BCUT2D eigenvalue weighted by Gasteiger charge is -2.35. The van der Waals surface area contributed by atoms with Gasteiger partial charge in [-0.05, 0) is 56.5 Å². The van der Waals surface area contributed by atoms with E-state index in [1.54, 1.807) is 7.05 Å². The Balaban J connectivity index is 1.56. The molecule has 1 atom stereocenters. The first kappa shape index (κ1) is 24.2. The SMILES string of the molecule is CNc1csc(-n2c([C@@H]3CCCC(=O)N3c3ccc(F)c(F)c3)nc3cc(-c4c(C)noc4C)ccc32)n1. The van der Waals surface area contributed by atoms with Gasteiger partial charge in [-0.2, -0.15) is 0 Å². The van der Waals surface area contributed by atoms with Gasteiger partial charge in [-0.15, -0.1) is 11.3 Å². The highest BCUT2D eigenvalue weighted by Crippen LogP contribution is 2.40.